The molecule has 3 aromatic rings. The quantitative estimate of drug-likeness (QED) is 0.499. The van der Waals surface area contributed by atoms with Gasteiger partial charge in [-0.3, -0.25) is 9.59 Å². The fraction of sp³-hybridized carbons (Fsp3) is 0.375. The molecule has 0 saturated carbocycles. The second-order valence-corrected chi connectivity index (χ2v) is 9.68. The number of nitrogens with zero attached hydrogens (tertiary/aromatic N) is 2. The van der Waals surface area contributed by atoms with E-state index in [-0.39, 0.29) is 17.7 Å². The topological polar surface area (TPSA) is 62.3 Å². The van der Waals surface area contributed by atoms with Crippen molar-refractivity contribution >= 4 is 39.6 Å². The maximum Gasteiger partial charge on any atom is 0.263 e. The Labute approximate surface area is 191 Å². The van der Waals surface area contributed by atoms with Crippen molar-refractivity contribution in [3.8, 4) is 11.3 Å². The number of hydrogen-bond acceptors (Lipinski definition) is 5. The summed E-state index contributed by atoms with van der Waals surface area (Å²) in [5.41, 5.74) is 3.30. The van der Waals surface area contributed by atoms with Crippen molar-refractivity contribution in [1.82, 2.24) is 9.88 Å². The first kappa shape index (κ1) is 21.7. The van der Waals surface area contributed by atoms with Gasteiger partial charge in [-0.05, 0) is 42.7 Å². The Bertz CT molecular complexity index is 1000. The first-order valence-corrected chi connectivity index (χ1v) is 12.6. The summed E-state index contributed by atoms with van der Waals surface area (Å²) in [4.78, 5) is 32.4. The van der Waals surface area contributed by atoms with E-state index < -0.39 is 0 Å². The minimum absolute atomic E-state index is 0.000892. The van der Waals surface area contributed by atoms with E-state index in [1.54, 1.807) is 0 Å². The summed E-state index contributed by atoms with van der Waals surface area (Å²) >= 11 is 2.91. The molecule has 0 atom stereocenters. The average Bonchev–Trinajstić information content (AvgIpc) is 3.50. The summed E-state index contributed by atoms with van der Waals surface area (Å²) in [6, 6.07) is 12.3. The number of nitrogens with one attached hydrogen (secondary N) is 1. The van der Waals surface area contributed by atoms with Gasteiger partial charge >= 0.3 is 0 Å². The van der Waals surface area contributed by atoms with Gasteiger partial charge in [0.1, 0.15) is 0 Å². The van der Waals surface area contributed by atoms with Gasteiger partial charge in [-0.25, -0.2) is 4.98 Å². The molecule has 0 bridgehead atoms. The van der Waals surface area contributed by atoms with E-state index in [1.165, 1.54) is 41.1 Å². The molecule has 1 fully saturated rings. The fourth-order valence-corrected chi connectivity index (χ4v) is 5.21. The van der Waals surface area contributed by atoms with E-state index in [1.807, 2.05) is 27.8 Å². The first-order valence-electron chi connectivity index (χ1n) is 10.8. The molecule has 0 radical (unpaired) electrons. The predicted molar refractivity (Wildman–Crippen MR) is 128 cm³/mol. The summed E-state index contributed by atoms with van der Waals surface area (Å²) in [6.07, 6.45) is 4.86. The van der Waals surface area contributed by atoms with Crippen LogP contribution in [-0.4, -0.2) is 34.8 Å². The van der Waals surface area contributed by atoms with E-state index in [9.17, 15) is 9.59 Å². The third-order valence-electron chi connectivity index (χ3n) is 5.69. The molecule has 0 aliphatic carbocycles. The smallest absolute Gasteiger partial charge is 0.263 e. The van der Waals surface area contributed by atoms with Gasteiger partial charge in [0.2, 0.25) is 5.91 Å². The van der Waals surface area contributed by atoms with E-state index in [2.05, 4.69) is 41.5 Å². The van der Waals surface area contributed by atoms with Crippen molar-refractivity contribution in [2.24, 2.45) is 5.92 Å². The number of hydrogen-bond donors (Lipinski definition) is 1. The number of thiophene rings is 1. The molecule has 2 aromatic heterocycles. The van der Waals surface area contributed by atoms with Crippen LogP contribution in [0.25, 0.3) is 11.3 Å². The minimum Gasteiger partial charge on any atom is -0.338 e. The summed E-state index contributed by atoms with van der Waals surface area (Å²) < 4.78 is 0. The molecule has 1 aliphatic rings. The molecule has 1 saturated heterocycles. The van der Waals surface area contributed by atoms with E-state index in [0.29, 0.717) is 31.1 Å². The van der Waals surface area contributed by atoms with Crippen LogP contribution in [0.5, 0.6) is 0 Å². The van der Waals surface area contributed by atoms with E-state index >= 15 is 0 Å². The van der Waals surface area contributed by atoms with Gasteiger partial charge < -0.3 is 10.2 Å². The summed E-state index contributed by atoms with van der Waals surface area (Å²) in [5, 5.41) is 7.51. The molecule has 7 heteroatoms. The van der Waals surface area contributed by atoms with Crippen molar-refractivity contribution in [2.75, 3.05) is 18.4 Å². The summed E-state index contributed by atoms with van der Waals surface area (Å²) in [5.74, 6) is -0.0178. The number of anilines is 1. The zero-order valence-electron chi connectivity index (χ0n) is 17.7. The molecule has 3 heterocycles. The first-order chi connectivity index (χ1) is 15.1. The third kappa shape index (κ3) is 5.40. The molecular weight excluding hydrogens is 426 g/mol. The van der Waals surface area contributed by atoms with Crippen LogP contribution < -0.4 is 5.32 Å². The number of aryl methyl sites for hydroxylation is 1. The normalized spacial score (nSPS) is 14.5. The molecule has 1 aliphatic heterocycles. The Morgan fingerprint density at radius 3 is 2.58 bits per heavy atom. The number of amides is 2. The highest BCUT2D eigenvalue weighted by Crippen LogP contribution is 2.27. The van der Waals surface area contributed by atoms with Crippen LogP contribution in [0.3, 0.4) is 0 Å². The zero-order chi connectivity index (χ0) is 21.6. The lowest BCUT2D eigenvalue weighted by molar-refractivity contribution is -0.121. The van der Waals surface area contributed by atoms with Gasteiger partial charge in [-0.1, -0.05) is 43.7 Å². The third-order valence-corrected chi connectivity index (χ3v) is 7.30. The monoisotopic (exact) mass is 453 g/mol. The van der Waals surface area contributed by atoms with Crippen LogP contribution in [0.15, 0.2) is 47.2 Å². The number of carbonyl (C=O) groups is 2. The minimum atomic E-state index is -0.0856. The van der Waals surface area contributed by atoms with Crippen molar-refractivity contribution in [1.29, 1.82) is 0 Å². The largest absolute Gasteiger partial charge is 0.338 e. The lowest BCUT2D eigenvalue weighted by Crippen LogP contribution is -2.41. The van der Waals surface area contributed by atoms with Gasteiger partial charge in [-0.2, -0.15) is 0 Å². The number of rotatable bonds is 7. The van der Waals surface area contributed by atoms with Crippen molar-refractivity contribution in [2.45, 2.75) is 39.0 Å². The van der Waals surface area contributed by atoms with Gasteiger partial charge in [0.25, 0.3) is 5.91 Å². The van der Waals surface area contributed by atoms with Crippen LogP contribution in [-0.2, 0) is 11.2 Å². The average molecular weight is 454 g/mol. The second-order valence-electron chi connectivity index (χ2n) is 7.87. The molecule has 1 N–H and O–H groups in total. The van der Waals surface area contributed by atoms with Crippen LogP contribution in [0.1, 0.15) is 47.8 Å². The number of unbranched alkanes of at least 4 members (excludes halogenated alkanes) is 1. The van der Waals surface area contributed by atoms with Crippen molar-refractivity contribution < 1.29 is 9.59 Å². The molecule has 2 amide bonds. The number of piperidine rings is 1. The summed E-state index contributed by atoms with van der Waals surface area (Å²) in [7, 11) is 0. The second kappa shape index (κ2) is 10.2. The van der Waals surface area contributed by atoms with E-state index in [4.69, 9.17) is 0 Å². The van der Waals surface area contributed by atoms with Gasteiger partial charge in [0.05, 0.1) is 10.6 Å². The molecule has 162 valence electrons. The zero-order valence-corrected chi connectivity index (χ0v) is 19.3. The molecular formula is C24H27N3O2S2. The number of carbonyl (C=O) groups excluding carboxylic acids is 2. The Kier molecular flexibility index (Phi) is 7.14. The maximum absolute atomic E-state index is 12.7. The van der Waals surface area contributed by atoms with Gasteiger partial charge in [-0.15, -0.1) is 22.7 Å². The molecule has 1 aromatic carbocycles. The predicted octanol–water partition coefficient (Wildman–Crippen LogP) is 5.71. The highest BCUT2D eigenvalue weighted by atomic mass is 32.1. The van der Waals surface area contributed by atoms with Crippen LogP contribution in [0, 0.1) is 5.92 Å². The molecule has 5 nitrogen and oxygen atoms in total. The number of likely N-dealkylation sites (tertiary alicyclic amines) is 1. The highest BCUT2D eigenvalue weighted by molar-refractivity contribution is 7.14. The lowest BCUT2D eigenvalue weighted by Gasteiger charge is -2.30. The number of aromatic nitrogens is 1. The summed E-state index contributed by atoms with van der Waals surface area (Å²) in [6.45, 7) is 3.43. The molecule has 0 unspecified atom stereocenters. The van der Waals surface area contributed by atoms with Crippen LogP contribution in [0.4, 0.5) is 5.13 Å². The van der Waals surface area contributed by atoms with Crippen LogP contribution in [0.2, 0.25) is 0 Å². The van der Waals surface area contributed by atoms with Crippen molar-refractivity contribution in [3.63, 3.8) is 0 Å². The fourth-order valence-electron chi connectivity index (χ4n) is 3.80. The number of benzene rings is 1. The maximum atomic E-state index is 12.7. The highest BCUT2D eigenvalue weighted by Gasteiger charge is 2.28. The SMILES string of the molecule is CCCCc1ccc(-c2csc(NC(=O)C3CCN(C(=O)c4cccs4)CC3)n2)cc1. The Hall–Kier alpha value is -2.51. The Morgan fingerprint density at radius 1 is 1.13 bits per heavy atom. The number of thiazole rings is 1. The Balaban J connectivity index is 1.30. The molecule has 0 spiro atoms. The lowest BCUT2D eigenvalue weighted by atomic mass is 9.96. The van der Waals surface area contributed by atoms with E-state index in [0.717, 1.165) is 22.6 Å². The molecule has 4 rings (SSSR count). The Morgan fingerprint density at radius 2 is 1.90 bits per heavy atom. The van der Waals surface area contributed by atoms with Crippen molar-refractivity contribution in [3.05, 3.63) is 57.6 Å². The standard InChI is InChI=1S/C24H27N3O2S2/c1-2-3-5-17-7-9-18(10-8-17)20-16-31-24(25-20)26-22(28)19-11-13-27(14-12-19)23(29)21-6-4-15-30-21/h4,6-10,15-16,19H,2-3,5,11-14H2,1H3,(H,25,26,28). The van der Waals surface area contributed by atoms with Gasteiger partial charge in [0, 0.05) is 30.0 Å². The molecule has 31 heavy (non-hydrogen) atoms. The van der Waals surface area contributed by atoms with Crippen LogP contribution >= 0.6 is 22.7 Å². The van der Waals surface area contributed by atoms with Gasteiger partial charge in [0.15, 0.2) is 5.13 Å².